The summed E-state index contributed by atoms with van der Waals surface area (Å²) in [6.45, 7) is 2.11. The molecule has 3 rings (SSSR count). The Labute approximate surface area is 152 Å². The molecule has 1 aromatic heterocycles. The summed E-state index contributed by atoms with van der Waals surface area (Å²) in [5.41, 5.74) is 4.15. The van der Waals surface area contributed by atoms with E-state index < -0.39 is 5.97 Å². The maximum Gasteiger partial charge on any atom is 0.304 e. The molecule has 5 heteroatoms. The number of hydrogen-bond acceptors (Lipinski definition) is 3. The van der Waals surface area contributed by atoms with Crippen LogP contribution in [0.4, 0.5) is 0 Å². The van der Waals surface area contributed by atoms with Crippen LogP contribution < -0.4 is 9.47 Å². The van der Waals surface area contributed by atoms with Crippen molar-refractivity contribution in [2.75, 3.05) is 14.2 Å². The molecule has 0 spiro atoms. The van der Waals surface area contributed by atoms with Gasteiger partial charge in [-0.3, -0.25) is 4.79 Å². The van der Waals surface area contributed by atoms with Crippen molar-refractivity contribution >= 4 is 16.9 Å². The first kappa shape index (κ1) is 17.9. The number of nitrogens with one attached hydrogen (secondary N) is 1. The van der Waals surface area contributed by atoms with Crippen molar-refractivity contribution < 1.29 is 19.4 Å². The maximum absolute atomic E-state index is 11.5. The number of aromatic amines is 1. The summed E-state index contributed by atoms with van der Waals surface area (Å²) < 4.78 is 10.7. The lowest BCUT2D eigenvalue weighted by Gasteiger charge is -2.17. The molecule has 0 amide bonds. The molecule has 0 unspecified atom stereocenters. The molecule has 1 atom stereocenters. The molecule has 5 nitrogen and oxygen atoms in total. The largest absolute Gasteiger partial charge is 0.493 e. The Morgan fingerprint density at radius 2 is 1.92 bits per heavy atom. The van der Waals surface area contributed by atoms with Crippen molar-refractivity contribution in [3.8, 4) is 11.5 Å². The van der Waals surface area contributed by atoms with Crippen molar-refractivity contribution in [2.24, 2.45) is 0 Å². The van der Waals surface area contributed by atoms with E-state index in [1.807, 2.05) is 36.5 Å². The smallest absolute Gasteiger partial charge is 0.304 e. The van der Waals surface area contributed by atoms with Crippen LogP contribution in [-0.4, -0.2) is 30.3 Å². The fourth-order valence-electron chi connectivity index (χ4n) is 3.47. The first-order valence-electron chi connectivity index (χ1n) is 8.61. The lowest BCUT2D eigenvalue weighted by molar-refractivity contribution is -0.137. The fraction of sp³-hybridized carbons (Fsp3) is 0.286. The lowest BCUT2D eigenvalue weighted by Crippen LogP contribution is -2.08. The highest BCUT2D eigenvalue weighted by Crippen LogP contribution is 2.38. The number of benzene rings is 2. The highest BCUT2D eigenvalue weighted by molar-refractivity contribution is 5.87. The van der Waals surface area contributed by atoms with Crippen LogP contribution in [0.5, 0.6) is 11.5 Å². The van der Waals surface area contributed by atoms with Crippen molar-refractivity contribution in [3.63, 3.8) is 0 Å². The van der Waals surface area contributed by atoms with Crippen LogP contribution >= 0.6 is 0 Å². The fourth-order valence-corrected chi connectivity index (χ4v) is 3.47. The highest BCUT2D eigenvalue weighted by Gasteiger charge is 2.23. The van der Waals surface area contributed by atoms with E-state index in [1.54, 1.807) is 14.2 Å². The number of aromatic nitrogens is 1. The molecule has 0 saturated heterocycles. The van der Waals surface area contributed by atoms with E-state index in [1.165, 1.54) is 5.56 Å². The number of carbonyl (C=O) groups is 1. The van der Waals surface area contributed by atoms with Gasteiger partial charge in [-0.2, -0.15) is 0 Å². The maximum atomic E-state index is 11.5. The molecule has 0 aliphatic rings. The number of hydrogen-bond donors (Lipinski definition) is 2. The summed E-state index contributed by atoms with van der Waals surface area (Å²) in [6, 6.07) is 11.7. The number of carboxylic acids is 1. The van der Waals surface area contributed by atoms with Gasteiger partial charge >= 0.3 is 5.97 Å². The number of aliphatic carboxylic acids is 1. The molecule has 0 radical (unpaired) electrons. The van der Waals surface area contributed by atoms with Gasteiger partial charge in [0.2, 0.25) is 0 Å². The zero-order valence-electron chi connectivity index (χ0n) is 15.2. The number of H-pyrrole nitrogens is 1. The Balaban J connectivity index is 2.14. The monoisotopic (exact) mass is 353 g/mol. The van der Waals surface area contributed by atoms with E-state index in [0.717, 1.165) is 28.5 Å². The summed E-state index contributed by atoms with van der Waals surface area (Å²) in [7, 11) is 3.16. The normalized spacial score (nSPS) is 12.1. The number of fused-ring (bicyclic) bond motifs is 1. The van der Waals surface area contributed by atoms with Gasteiger partial charge in [0, 0.05) is 23.0 Å². The van der Waals surface area contributed by atoms with Crippen LogP contribution in [-0.2, 0) is 11.2 Å². The van der Waals surface area contributed by atoms with Gasteiger partial charge in [-0.15, -0.1) is 0 Å². The molecule has 26 heavy (non-hydrogen) atoms. The van der Waals surface area contributed by atoms with Crippen LogP contribution in [0.15, 0.2) is 42.6 Å². The average molecular weight is 353 g/mol. The third-order valence-electron chi connectivity index (χ3n) is 4.78. The first-order valence-corrected chi connectivity index (χ1v) is 8.61. The molecular formula is C21H23NO4. The predicted molar refractivity (Wildman–Crippen MR) is 101 cm³/mol. The van der Waals surface area contributed by atoms with Crippen LogP contribution in [0.25, 0.3) is 10.9 Å². The molecule has 1 heterocycles. The molecular weight excluding hydrogens is 330 g/mol. The minimum absolute atomic E-state index is 0.00120. The molecule has 0 fully saturated rings. The van der Waals surface area contributed by atoms with Gasteiger partial charge in [0.05, 0.1) is 20.6 Å². The standard InChI is InChI=1S/C21H23NO4/c1-4-13-6-5-7-15-17(12-22-21(13)15)16(11-20(23)24)14-8-9-18(25-2)19(10-14)26-3/h5-10,12,16,22H,4,11H2,1-3H3,(H,23,24)/t16-/m1/s1. The van der Waals surface area contributed by atoms with Crippen LogP contribution in [0.3, 0.4) is 0 Å². The molecule has 0 aliphatic heterocycles. The second-order valence-corrected chi connectivity index (χ2v) is 6.20. The van der Waals surface area contributed by atoms with E-state index in [-0.39, 0.29) is 12.3 Å². The molecule has 3 aromatic rings. The van der Waals surface area contributed by atoms with E-state index in [2.05, 4.69) is 18.0 Å². The van der Waals surface area contributed by atoms with Gasteiger partial charge in [0.15, 0.2) is 11.5 Å². The van der Waals surface area contributed by atoms with Crippen LogP contribution in [0.2, 0.25) is 0 Å². The van der Waals surface area contributed by atoms with Gasteiger partial charge < -0.3 is 19.6 Å². The molecule has 2 aromatic carbocycles. The second kappa shape index (κ2) is 7.52. The highest BCUT2D eigenvalue weighted by atomic mass is 16.5. The van der Waals surface area contributed by atoms with E-state index in [0.29, 0.717) is 11.5 Å². The molecule has 136 valence electrons. The number of carboxylic acid groups (broad SMARTS) is 1. The Bertz CT molecular complexity index is 929. The minimum Gasteiger partial charge on any atom is -0.493 e. The zero-order valence-corrected chi connectivity index (χ0v) is 15.2. The average Bonchev–Trinajstić information content (AvgIpc) is 3.09. The molecule has 0 bridgehead atoms. The zero-order chi connectivity index (χ0) is 18.7. The van der Waals surface area contributed by atoms with E-state index >= 15 is 0 Å². The van der Waals surface area contributed by atoms with E-state index in [9.17, 15) is 9.90 Å². The van der Waals surface area contributed by atoms with Crippen LogP contribution in [0.1, 0.15) is 36.0 Å². The van der Waals surface area contributed by atoms with E-state index in [4.69, 9.17) is 9.47 Å². The topological polar surface area (TPSA) is 71.6 Å². The quantitative estimate of drug-likeness (QED) is 0.662. The van der Waals surface area contributed by atoms with Gasteiger partial charge in [-0.1, -0.05) is 31.2 Å². The summed E-state index contributed by atoms with van der Waals surface area (Å²) in [5.74, 6) is 0.0888. The SMILES string of the molecule is CCc1cccc2c([C@H](CC(=O)O)c3ccc(OC)c(OC)c3)c[nH]c12. The first-order chi connectivity index (χ1) is 12.6. The number of rotatable bonds is 7. The van der Waals surface area contributed by atoms with Gasteiger partial charge in [0.1, 0.15) is 0 Å². The van der Waals surface area contributed by atoms with Gasteiger partial charge in [-0.05, 0) is 35.2 Å². The Kier molecular flexibility index (Phi) is 5.16. The number of methoxy groups -OCH3 is 2. The molecule has 2 N–H and O–H groups in total. The van der Waals surface area contributed by atoms with Crippen molar-refractivity contribution in [3.05, 3.63) is 59.3 Å². The molecule has 0 saturated carbocycles. The summed E-state index contributed by atoms with van der Waals surface area (Å²) in [4.78, 5) is 14.9. The summed E-state index contributed by atoms with van der Waals surface area (Å²) in [5, 5.41) is 10.5. The Hall–Kier alpha value is -2.95. The minimum atomic E-state index is -0.842. The Morgan fingerprint density at radius 3 is 2.58 bits per heavy atom. The third kappa shape index (κ3) is 3.25. The Morgan fingerprint density at radius 1 is 1.15 bits per heavy atom. The van der Waals surface area contributed by atoms with Gasteiger partial charge in [-0.25, -0.2) is 0 Å². The second-order valence-electron chi connectivity index (χ2n) is 6.20. The summed E-state index contributed by atoms with van der Waals surface area (Å²) in [6.07, 6.45) is 2.84. The van der Waals surface area contributed by atoms with Crippen molar-refractivity contribution in [1.82, 2.24) is 4.98 Å². The predicted octanol–water partition coefficient (Wildman–Crippen LogP) is 4.35. The van der Waals surface area contributed by atoms with Crippen LogP contribution in [0, 0.1) is 0 Å². The summed E-state index contributed by atoms with van der Waals surface area (Å²) >= 11 is 0. The number of para-hydroxylation sites is 1. The third-order valence-corrected chi connectivity index (χ3v) is 4.78. The number of aryl methyl sites for hydroxylation is 1. The van der Waals surface area contributed by atoms with Gasteiger partial charge in [0.25, 0.3) is 0 Å². The van der Waals surface area contributed by atoms with Crippen molar-refractivity contribution in [2.45, 2.75) is 25.7 Å². The number of ether oxygens (including phenoxy) is 2. The molecule has 0 aliphatic carbocycles. The lowest BCUT2D eigenvalue weighted by atomic mass is 9.87. The van der Waals surface area contributed by atoms with Crippen molar-refractivity contribution in [1.29, 1.82) is 0 Å².